The molecule has 7 heteroatoms. The molecule has 1 aromatic carbocycles. The Morgan fingerprint density at radius 3 is 2.70 bits per heavy atom. The molecule has 0 spiro atoms. The number of carbonyl (C=O) groups excluding carboxylic acids is 2. The molecule has 0 bridgehead atoms. The number of amides is 2. The minimum Gasteiger partial charge on any atom is -0.351 e. The Bertz CT molecular complexity index is 1020. The van der Waals surface area contributed by atoms with Gasteiger partial charge in [0.1, 0.15) is 5.82 Å². The zero-order valence-electron chi connectivity index (χ0n) is 18.2. The summed E-state index contributed by atoms with van der Waals surface area (Å²) in [5, 5.41) is 5.77. The van der Waals surface area contributed by atoms with Gasteiger partial charge >= 0.3 is 0 Å². The van der Waals surface area contributed by atoms with Crippen molar-refractivity contribution < 1.29 is 14.0 Å². The van der Waals surface area contributed by atoms with Gasteiger partial charge in [-0.2, -0.15) is 0 Å². The van der Waals surface area contributed by atoms with E-state index in [4.69, 9.17) is 0 Å². The van der Waals surface area contributed by atoms with Crippen LogP contribution in [0, 0.1) is 19.7 Å². The summed E-state index contributed by atoms with van der Waals surface area (Å²) in [5.74, 6) is -0.791. The second kappa shape index (κ2) is 8.83. The maximum atomic E-state index is 13.8. The summed E-state index contributed by atoms with van der Waals surface area (Å²) >= 11 is 0. The fourth-order valence-corrected chi connectivity index (χ4v) is 3.89. The lowest BCUT2D eigenvalue weighted by molar-refractivity contribution is -0.110. The lowest BCUT2D eigenvalue weighted by atomic mass is 10.0. The molecule has 2 N–H and O–H groups in total. The molecule has 1 aliphatic rings. The van der Waals surface area contributed by atoms with Crippen molar-refractivity contribution >= 4 is 29.2 Å². The molecule has 0 unspecified atom stereocenters. The fourth-order valence-electron chi connectivity index (χ4n) is 3.89. The Kier molecular flexibility index (Phi) is 6.41. The summed E-state index contributed by atoms with van der Waals surface area (Å²) in [6, 6.07) is 4.25. The third-order valence-corrected chi connectivity index (χ3v) is 5.72. The molecule has 1 aromatic heterocycles. The quantitative estimate of drug-likeness (QED) is 0.685. The van der Waals surface area contributed by atoms with Crippen LogP contribution < -0.4 is 10.6 Å². The molecule has 0 atom stereocenters. The summed E-state index contributed by atoms with van der Waals surface area (Å²) in [4.78, 5) is 27.5. The maximum absolute atomic E-state index is 13.8. The SMILES string of the molecule is CCN(C)CCNC(=O)c1c(C)c(/C=C2\C(=O)Nc3ccc(F)cc32)n(CC)c1C. The first-order chi connectivity index (χ1) is 14.3. The number of nitrogens with one attached hydrogen (secondary N) is 2. The molecule has 0 saturated carbocycles. The predicted octanol–water partition coefficient (Wildman–Crippen LogP) is 3.44. The normalized spacial score (nSPS) is 14.4. The first kappa shape index (κ1) is 21.8. The number of nitrogens with zero attached hydrogens (tertiary/aromatic N) is 2. The monoisotopic (exact) mass is 412 g/mol. The van der Waals surface area contributed by atoms with E-state index in [-0.39, 0.29) is 11.8 Å². The predicted molar refractivity (Wildman–Crippen MR) is 118 cm³/mol. The summed E-state index contributed by atoms with van der Waals surface area (Å²) in [6.45, 7) is 10.8. The van der Waals surface area contributed by atoms with E-state index in [2.05, 4.69) is 22.5 Å². The van der Waals surface area contributed by atoms with Gasteiger partial charge in [-0.25, -0.2) is 4.39 Å². The van der Waals surface area contributed by atoms with Crippen molar-refractivity contribution in [3.8, 4) is 0 Å². The average molecular weight is 413 g/mol. The van der Waals surface area contributed by atoms with Crippen LogP contribution >= 0.6 is 0 Å². The Morgan fingerprint density at radius 1 is 1.30 bits per heavy atom. The van der Waals surface area contributed by atoms with Crippen LogP contribution in [-0.2, 0) is 11.3 Å². The van der Waals surface area contributed by atoms with E-state index in [1.807, 2.05) is 32.4 Å². The number of rotatable bonds is 7. The van der Waals surface area contributed by atoms with E-state index >= 15 is 0 Å². The van der Waals surface area contributed by atoms with Gasteiger partial charge in [0, 0.05) is 42.3 Å². The Labute approximate surface area is 176 Å². The Hall–Kier alpha value is -2.93. The van der Waals surface area contributed by atoms with E-state index in [1.54, 1.807) is 12.1 Å². The van der Waals surface area contributed by atoms with Crippen LogP contribution in [0.1, 0.15) is 46.7 Å². The van der Waals surface area contributed by atoms with Crippen molar-refractivity contribution in [3.05, 3.63) is 52.1 Å². The van der Waals surface area contributed by atoms with Crippen LogP contribution in [0.3, 0.4) is 0 Å². The minimum absolute atomic E-state index is 0.122. The van der Waals surface area contributed by atoms with Crippen molar-refractivity contribution in [2.75, 3.05) is 32.0 Å². The smallest absolute Gasteiger partial charge is 0.256 e. The van der Waals surface area contributed by atoms with Crippen LogP contribution in [0.4, 0.5) is 10.1 Å². The molecule has 0 radical (unpaired) electrons. The molecule has 2 amide bonds. The van der Waals surface area contributed by atoms with Crippen LogP contribution in [0.5, 0.6) is 0 Å². The molecule has 0 fully saturated rings. The molecule has 2 aromatic rings. The average Bonchev–Trinajstić information content (AvgIpc) is 3.14. The minimum atomic E-state index is -0.396. The van der Waals surface area contributed by atoms with Gasteiger partial charge < -0.3 is 20.1 Å². The number of hydrogen-bond acceptors (Lipinski definition) is 3. The number of aromatic nitrogens is 1. The van der Waals surface area contributed by atoms with Crippen molar-refractivity contribution in [1.82, 2.24) is 14.8 Å². The molecule has 0 aliphatic carbocycles. The summed E-state index contributed by atoms with van der Waals surface area (Å²) in [7, 11) is 2.01. The first-order valence-electron chi connectivity index (χ1n) is 10.3. The zero-order chi connectivity index (χ0) is 22.0. The second-order valence-corrected chi connectivity index (χ2v) is 7.57. The fraction of sp³-hybridized carbons (Fsp3) is 0.391. The molecular weight excluding hydrogens is 383 g/mol. The summed E-state index contributed by atoms with van der Waals surface area (Å²) in [6.07, 6.45) is 1.76. The highest BCUT2D eigenvalue weighted by Crippen LogP contribution is 2.35. The summed E-state index contributed by atoms with van der Waals surface area (Å²) in [5.41, 5.74) is 4.59. The molecule has 160 valence electrons. The topological polar surface area (TPSA) is 66.4 Å². The molecule has 6 nitrogen and oxygen atoms in total. The van der Waals surface area contributed by atoms with Crippen molar-refractivity contribution in [2.24, 2.45) is 0 Å². The molecular formula is C23H29FN4O2. The van der Waals surface area contributed by atoms with Crippen molar-refractivity contribution in [3.63, 3.8) is 0 Å². The van der Waals surface area contributed by atoms with Gasteiger partial charge in [-0.3, -0.25) is 9.59 Å². The highest BCUT2D eigenvalue weighted by atomic mass is 19.1. The maximum Gasteiger partial charge on any atom is 0.256 e. The number of fused-ring (bicyclic) bond motifs is 1. The molecule has 2 heterocycles. The van der Waals surface area contributed by atoms with E-state index in [0.717, 1.165) is 30.0 Å². The Balaban J connectivity index is 1.98. The number of hydrogen-bond donors (Lipinski definition) is 2. The van der Waals surface area contributed by atoms with E-state index < -0.39 is 5.82 Å². The van der Waals surface area contributed by atoms with Gasteiger partial charge in [-0.05, 0) is 64.2 Å². The second-order valence-electron chi connectivity index (χ2n) is 7.57. The zero-order valence-corrected chi connectivity index (χ0v) is 18.2. The van der Waals surface area contributed by atoms with Crippen LogP contribution in [0.25, 0.3) is 11.6 Å². The molecule has 3 rings (SSSR count). The van der Waals surface area contributed by atoms with Crippen molar-refractivity contribution in [2.45, 2.75) is 34.2 Å². The van der Waals surface area contributed by atoms with Crippen LogP contribution in [-0.4, -0.2) is 48.0 Å². The highest BCUT2D eigenvalue weighted by molar-refractivity contribution is 6.35. The molecule has 1 aliphatic heterocycles. The lowest BCUT2D eigenvalue weighted by Gasteiger charge is -2.14. The number of benzene rings is 1. The van der Waals surface area contributed by atoms with Gasteiger partial charge in [0.25, 0.3) is 11.8 Å². The van der Waals surface area contributed by atoms with Gasteiger partial charge in [0.05, 0.1) is 11.1 Å². The molecule has 30 heavy (non-hydrogen) atoms. The van der Waals surface area contributed by atoms with Crippen LogP contribution in [0.2, 0.25) is 0 Å². The standard InChI is InChI=1S/C23H29FN4O2/c1-6-27(5)11-10-25-23(30)21-14(3)20(28(7-2)15(21)4)13-18-17-12-16(24)8-9-19(17)26-22(18)29/h8-9,12-13H,6-7,10-11H2,1-5H3,(H,25,30)(H,26,29)/b18-13-. The number of carbonyl (C=O) groups is 2. The van der Waals surface area contributed by atoms with Gasteiger partial charge in [0.2, 0.25) is 0 Å². The van der Waals surface area contributed by atoms with E-state index in [1.165, 1.54) is 12.1 Å². The number of anilines is 1. The third kappa shape index (κ3) is 4.03. The Morgan fingerprint density at radius 2 is 2.03 bits per heavy atom. The third-order valence-electron chi connectivity index (χ3n) is 5.72. The highest BCUT2D eigenvalue weighted by Gasteiger charge is 2.27. The van der Waals surface area contributed by atoms with Crippen molar-refractivity contribution in [1.29, 1.82) is 0 Å². The van der Waals surface area contributed by atoms with Gasteiger partial charge in [-0.1, -0.05) is 6.92 Å². The molecule has 0 saturated heterocycles. The van der Waals surface area contributed by atoms with E-state index in [0.29, 0.717) is 35.5 Å². The van der Waals surface area contributed by atoms with Gasteiger partial charge in [-0.15, -0.1) is 0 Å². The van der Waals surface area contributed by atoms with Crippen LogP contribution in [0.15, 0.2) is 18.2 Å². The number of halogens is 1. The lowest BCUT2D eigenvalue weighted by Crippen LogP contribution is -2.33. The first-order valence-corrected chi connectivity index (χ1v) is 10.3. The largest absolute Gasteiger partial charge is 0.351 e. The summed E-state index contributed by atoms with van der Waals surface area (Å²) < 4.78 is 15.8. The van der Waals surface area contributed by atoms with Gasteiger partial charge in [0.15, 0.2) is 0 Å². The number of likely N-dealkylation sites (N-methyl/N-ethyl adjacent to an activating group) is 1. The van der Waals surface area contributed by atoms with E-state index in [9.17, 15) is 14.0 Å².